The van der Waals surface area contributed by atoms with Crippen LogP contribution in [0.3, 0.4) is 0 Å². The summed E-state index contributed by atoms with van der Waals surface area (Å²) < 4.78 is 24.7. The van der Waals surface area contributed by atoms with E-state index in [4.69, 9.17) is 5.11 Å². The highest BCUT2D eigenvalue weighted by atomic mass is 32.2. The number of nitrogens with one attached hydrogen (secondary N) is 1. The van der Waals surface area contributed by atoms with Gasteiger partial charge >= 0.3 is 5.97 Å². The molecule has 0 aliphatic rings. The summed E-state index contributed by atoms with van der Waals surface area (Å²) >= 11 is 0. The van der Waals surface area contributed by atoms with E-state index in [1.54, 1.807) is 36.4 Å². The lowest BCUT2D eigenvalue weighted by Crippen LogP contribution is -2.10. The third-order valence-electron chi connectivity index (χ3n) is 3.04. The summed E-state index contributed by atoms with van der Waals surface area (Å²) in [4.78, 5) is 22.9. The molecule has 0 aromatic heterocycles. The summed E-state index contributed by atoms with van der Waals surface area (Å²) in [7, 11) is -3.41. The van der Waals surface area contributed by atoms with Crippen LogP contribution in [-0.2, 0) is 10.0 Å². The molecule has 2 rings (SSSR count). The molecule has 0 aliphatic carbocycles. The molecule has 0 spiro atoms. The molecule has 0 saturated heterocycles. The van der Waals surface area contributed by atoms with E-state index in [0.29, 0.717) is 16.8 Å². The summed E-state index contributed by atoms with van der Waals surface area (Å²) in [5.41, 5.74) is 1.49. The first-order chi connectivity index (χ1) is 11.2. The third kappa shape index (κ3) is 5.06. The number of allylic oxidation sites excluding steroid dienone is 1. The summed E-state index contributed by atoms with van der Waals surface area (Å²) in [6.45, 7) is 0. The van der Waals surface area contributed by atoms with Gasteiger partial charge in [-0.25, -0.2) is 13.2 Å². The lowest BCUT2D eigenvalue weighted by molar-refractivity contribution is 0.0696. The molecular weight excluding hydrogens is 330 g/mol. The maximum Gasteiger partial charge on any atom is 0.335 e. The molecule has 6 nitrogen and oxygen atoms in total. The van der Waals surface area contributed by atoms with Gasteiger partial charge in [0.15, 0.2) is 5.78 Å². The SMILES string of the molecule is CS(=O)(=O)Nc1cccc(C(=O)/C=C/c2ccc(C(=O)O)cc2)c1. The fraction of sp³-hybridized carbons (Fsp3) is 0.0588. The first-order valence-corrected chi connectivity index (χ1v) is 8.77. The highest BCUT2D eigenvalue weighted by molar-refractivity contribution is 7.92. The van der Waals surface area contributed by atoms with Crippen LogP contribution in [0.2, 0.25) is 0 Å². The first-order valence-electron chi connectivity index (χ1n) is 6.88. The van der Waals surface area contributed by atoms with Gasteiger partial charge in [0.1, 0.15) is 0 Å². The predicted molar refractivity (Wildman–Crippen MR) is 91.7 cm³/mol. The van der Waals surface area contributed by atoms with Crippen LogP contribution in [0.1, 0.15) is 26.3 Å². The van der Waals surface area contributed by atoms with Crippen LogP contribution in [0.25, 0.3) is 6.08 Å². The molecule has 0 aliphatic heterocycles. The molecule has 0 atom stereocenters. The Balaban J connectivity index is 2.14. The molecule has 24 heavy (non-hydrogen) atoms. The van der Waals surface area contributed by atoms with E-state index < -0.39 is 16.0 Å². The fourth-order valence-electron chi connectivity index (χ4n) is 1.95. The molecule has 2 aromatic carbocycles. The summed E-state index contributed by atoms with van der Waals surface area (Å²) in [6, 6.07) is 12.2. The number of rotatable bonds is 6. The zero-order valence-corrected chi connectivity index (χ0v) is 13.6. The number of ketones is 1. The number of anilines is 1. The van der Waals surface area contributed by atoms with Crippen LogP contribution < -0.4 is 4.72 Å². The van der Waals surface area contributed by atoms with E-state index >= 15 is 0 Å². The van der Waals surface area contributed by atoms with E-state index in [1.807, 2.05) is 0 Å². The second kappa shape index (κ2) is 7.10. The van der Waals surface area contributed by atoms with Gasteiger partial charge in [0.05, 0.1) is 11.8 Å². The van der Waals surface area contributed by atoms with E-state index in [0.717, 1.165) is 6.26 Å². The van der Waals surface area contributed by atoms with E-state index in [1.165, 1.54) is 24.3 Å². The number of carbonyl (C=O) groups is 2. The van der Waals surface area contributed by atoms with Gasteiger partial charge in [-0.2, -0.15) is 0 Å². The van der Waals surface area contributed by atoms with Crippen LogP contribution in [0.4, 0.5) is 5.69 Å². The highest BCUT2D eigenvalue weighted by Gasteiger charge is 2.06. The Morgan fingerprint density at radius 2 is 1.71 bits per heavy atom. The Morgan fingerprint density at radius 3 is 2.29 bits per heavy atom. The van der Waals surface area contributed by atoms with Crippen LogP contribution in [0.5, 0.6) is 0 Å². The Morgan fingerprint density at radius 1 is 1.04 bits per heavy atom. The highest BCUT2D eigenvalue weighted by Crippen LogP contribution is 2.14. The zero-order chi connectivity index (χ0) is 17.7. The number of hydrogen-bond acceptors (Lipinski definition) is 4. The van der Waals surface area contributed by atoms with Crippen molar-refractivity contribution in [3.05, 3.63) is 71.3 Å². The molecule has 0 radical (unpaired) electrons. The molecule has 0 heterocycles. The lowest BCUT2D eigenvalue weighted by Gasteiger charge is -2.04. The second-order valence-corrected chi connectivity index (χ2v) is 6.83. The van der Waals surface area contributed by atoms with Gasteiger partial charge in [-0.05, 0) is 35.9 Å². The Labute approximate surface area is 139 Å². The van der Waals surface area contributed by atoms with Gasteiger partial charge in [0.25, 0.3) is 0 Å². The molecule has 2 N–H and O–H groups in total. The van der Waals surface area contributed by atoms with E-state index in [9.17, 15) is 18.0 Å². The summed E-state index contributed by atoms with van der Waals surface area (Å²) in [5, 5.41) is 8.83. The minimum Gasteiger partial charge on any atom is -0.478 e. The number of carboxylic acids is 1. The van der Waals surface area contributed by atoms with Crippen molar-refractivity contribution in [3.8, 4) is 0 Å². The van der Waals surface area contributed by atoms with Gasteiger partial charge in [0.2, 0.25) is 10.0 Å². The van der Waals surface area contributed by atoms with Crippen LogP contribution in [0, 0.1) is 0 Å². The van der Waals surface area contributed by atoms with Crippen molar-refractivity contribution in [2.24, 2.45) is 0 Å². The van der Waals surface area contributed by atoms with Crippen LogP contribution in [0.15, 0.2) is 54.6 Å². The first kappa shape index (κ1) is 17.4. The molecule has 0 saturated carbocycles. The number of hydrogen-bond donors (Lipinski definition) is 2. The van der Waals surface area contributed by atoms with Crippen molar-refractivity contribution >= 4 is 33.5 Å². The largest absolute Gasteiger partial charge is 0.478 e. The van der Waals surface area contributed by atoms with Gasteiger partial charge in [-0.15, -0.1) is 0 Å². The molecule has 0 fully saturated rings. The Kier molecular flexibility index (Phi) is 5.15. The number of aromatic carboxylic acids is 1. The normalized spacial score (nSPS) is 11.4. The topological polar surface area (TPSA) is 101 Å². The van der Waals surface area contributed by atoms with Crippen molar-refractivity contribution in [2.75, 3.05) is 11.0 Å². The maximum absolute atomic E-state index is 12.2. The zero-order valence-electron chi connectivity index (χ0n) is 12.8. The van der Waals surface area contributed by atoms with Crippen molar-refractivity contribution in [3.63, 3.8) is 0 Å². The lowest BCUT2D eigenvalue weighted by atomic mass is 10.1. The number of carbonyl (C=O) groups excluding carboxylic acids is 1. The molecular formula is C17H15NO5S. The van der Waals surface area contributed by atoms with Crippen molar-refractivity contribution in [1.82, 2.24) is 0 Å². The fourth-order valence-corrected chi connectivity index (χ4v) is 2.51. The standard InChI is InChI=1S/C17H15NO5S/c1-24(22,23)18-15-4-2-3-14(11-15)16(19)10-7-12-5-8-13(9-6-12)17(20)21/h2-11,18H,1H3,(H,20,21)/b10-7+. The van der Waals surface area contributed by atoms with Crippen molar-refractivity contribution in [1.29, 1.82) is 0 Å². The van der Waals surface area contributed by atoms with E-state index in [-0.39, 0.29) is 11.3 Å². The van der Waals surface area contributed by atoms with Crippen LogP contribution in [-0.4, -0.2) is 31.5 Å². The molecule has 2 aromatic rings. The Hall–Kier alpha value is -2.93. The quantitative estimate of drug-likeness (QED) is 0.619. The monoisotopic (exact) mass is 345 g/mol. The summed E-state index contributed by atoms with van der Waals surface area (Å²) in [6.07, 6.45) is 3.93. The van der Waals surface area contributed by atoms with Crippen LogP contribution >= 0.6 is 0 Å². The van der Waals surface area contributed by atoms with Gasteiger partial charge in [0, 0.05) is 11.3 Å². The molecule has 0 amide bonds. The molecule has 0 unspecified atom stereocenters. The minimum absolute atomic E-state index is 0.165. The molecule has 0 bridgehead atoms. The second-order valence-electron chi connectivity index (χ2n) is 5.08. The van der Waals surface area contributed by atoms with Gasteiger partial charge in [-0.1, -0.05) is 30.3 Å². The molecule has 7 heteroatoms. The number of carboxylic acid groups (broad SMARTS) is 1. The van der Waals surface area contributed by atoms with E-state index in [2.05, 4.69) is 4.72 Å². The predicted octanol–water partition coefficient (Wildman–Crippen LogP) is 2.65. The van der Waals surface area contributed by atoms with Crippen molar-refractivity contribution < 1.29 is 23.1 Å². The van der Waals surface area contributed by atoms with Crippen molar-refractivity contribution in [2.45, 2.75) is 0 Å². The maximum atomic E-state index is 12.2. The van der Waals surface area contributed by atoms with Gasteiger partial charge in [-0.3, -0.25) is 9.52 Å². The van der Waals surface area contributed by atoms with Gasteiger partial charge < -0.3 is 5.11 Å². The average molecular weight is 345 g/mol. The molecule has 124 valence electrons. The third-order valence-corrected chi connectivity index (χ3v) is 3.64. The average Bonchev–Trinajstić information content (AvgIpc) is 2.51. The number of sulfonamides is 1. The number of benzene rings is 2. The smallest absolute Gasteiger partial charge is 0.335 e. The summed E-state index contributed by atoms with van der Waals surface area (Å²) in [5.74, 6) is -1.31. The Bertz CT molecular complexity index is 899. The minimum atomic E-state index is -3.41.